The Bertz CT molecular complexity index is 1260. The molecule has 27 heavy (non-hydrogen) atoms. The van der Waals surface area contributed by atoms with Crippen molar-refractivity contribution in [3.05, 3.63) is 57.9 Å². The Morgan fingerprint density at radius 3 is 2.78 bits per heavy atom. The number of H-pyrrole nitrogens is 1. The maximum absolute atomic E-state index is 12.4. The summed E-state index contributed by atoms with van der Waals surface area (Å²) in [4.78, 5) is 28.8. The molecule has 2 aromatic heterocycles. The van der Waals surface area contributed by atoms with Gasteiger partial charge < -0.3 is 10.5 Å². The van der Waals surface area contributed by atoms with Gasteiger partial charge in [-0.2, -0.15) is 4.98 Å². The van der Waals surface area contributed by atoms with Crippen LogP contribution in [0, 0.1) is 6.92 Å². The summed E-state index contributed by atoms with van der Waals surface area (Å²) in [5.74, 6) is 0.150. The van der Waals surface area contributed by atoms with Gasteiger partial charge in [-0.3, -0.25) is 9.59 Å². The first-order valence-corrected chi connectivity index (χ1v) is 8.83. The van der Waals surface area contributed by atoms with Crippen molar-refractivity contribution >= 4 is 34.2 Å². The number of hydrogen-bond acceptors (Lipinski definition) is 6. The molecule has 136 valence electrons. The number of fused-ring (bicyclic) bond motifs is 3. The molecule has 3 N–H and O–H groups in total. The Morgan fingerprint density at radius 2 is 2.07 bits per heavy atom. The number of aromatic amines is 1. The number of benzene rings is 2. The molecule has 0 fully saturated rings. The van der Waals surface area contributed by atoms with Crippen molar-refractivity contribution < 1.29 is 9.53 Å². The topological polar surface area (TPSA) is 115 Å². The zero-order valence-corrected chi connectivity index (χ0v) is 15.3. The molecule has 8 nitrogen and oxygen atoms in total. The largest absolute Gasteiger partial charge is 0.497 e. The zero-order chi connectivity index (χ0) is 19.1. The maximum Gasteiger partial charge on any atom is 0.281 e. The third-order valence-corrected chi connectivity index (χ3v) is 5.35. The molecular formula is C18H15N5O3S. The van der Waals surface area contributed by atoms with Crippen molar-refractivity contribution in [3.63, 3.8) is 0 Å². The SMILES string of the molecule is COc1ccc2c(=O)nc3c(Sc4ccc(C(N)=O)cc4C)n[nH]n3c2c1. The summed E-state index contributed by atoms with van der Waals surface area (Å²) in [6.07, 6.45) is 0. The summed E-state index contributed by atoms with van der Waals surface area (Å²) in [5, 5.41) is 8.21. The number of ether oxygens (including phenoxy) is 1. The highest BCUT2D eigenvalue weighted by Gasteiger charge is 2.15. The number of primary amides is 1. The van der Waals surface area contributed by atoms with Crippen molar-refractivity contribution in [1.82, 2.24) is 19.8 Å². The number of carbonyl (C=O) groups is 1. The van der Waals surface area contributed by atoms with Crippen LogP contribution in [0.5, 0.6) is 5.75 Å². The predicted octanol–water partition coefficient (Wildman–Crippen LogP) is 2.14. The first kappa shape index (κ1) is 17.1. The van der Waals surface area contributed by atoms with Gasteiger partial charge in [0, 0.05) is 16.5 Å². The standard InChI is InChI=1S/C18H15N5O3S/c1-9-7-10(15(19)24)3-6-14(9)27-18-16-20-17(25)12-5-4-11(26-2)8-13(12)23(16)22-21-18/h3-8,22H,1-2H3,(H2,19,24). The lowest BCUT2D eigenvalue weighted by molar-refractivity contribution is 0.1000. The fourth-order valence-corrected chi connectivity index (χ4v) is 3.68. The summed E-state index contributed by atoms with van der Waals surface area (Å²) in [6.45, 7) is 1.88. The van der Waals surface area contributed by atoms with Crippen molar-refractivity contribution in [3.8, 4) is 5.75 Å². The fraction of sp³-hybridized carbons (Fsp3) is 0.111. The van der Waals surface area contributed by atoms with Gasteiger partial charge in [-0.05, 0) is 42.8 Å². The second-order valence-electron chi connectivity index (χ2n) is 5.92. The average Bonchev–Trinajstić information content (AvgIpc) is 3.05. The van der Waals surface area contributed by atoms with Crippen LogP contribution in [0.25, 0.3) is 16.6 Å². The number of aryl methyl sites for hydroxylation is 1. The Hall–Kier alpha value is -3.33. The highest BCUT2D eigenvalue weighted by molar-refractivity contribution is 7.99. The number of aromatic nitrogens is 4. The van der Waals surface area contributed by atoms with Crippen LogP contribution < -0.4 is 16.0 Å². The quantitative estimate of drug-likeness (QED) is 0.560. The van der Waals surface area contributed by atoms with Gasteiger partial charge in [-0.15, -0.1) is 5.10 Å². The minimum Gasteiger partial charge on any atom is -0.497 e. The lowest BCUT2D eigenvalue weighted by Crippen LogP contribution is -2.11. The minimum absolute atomic E-state index is 0.336. The van der Waals surface area contributed by atoms with Crippen LogP contribution in [0.15, 0.2) is 51.1 Å². The number of carbonyl (C=O) groups excluding carboxylic acids is 1. The number of nitrogens with one attached hydrogen (secondary N) is 1. The third-order valence-electron chi connectivity index (χ3n) is 4.20. The van der Waals surface area contributed by atoms with Crippen LogP contribution >= 0.6 is 11.8 Å². The molecule has 2 aromatic carbocycles. The van der Waals surface area contributed by atoms with Crippen molar-refractivity contribution in [2.45, 2.75) is 16.8 Å². The lowest BCUT2D eigenvalue weighted by Gasteiger charge is -2.06. The van der Waals surface area contributed by atoms with Crippen LogP contribution in [-0.4, -0.2) is 32.8 Å². The minimum atomic E-state index is -0.478. The van der Waals surface area contributed by atoms with Crippen LogP contribution in [0.1, 0.15) is 15.9 Å². The van der Waals surface area contributed by atoms with E-state index in [9.17, 15) is 9.59 Å². The predicted molar refractivity (Wildman–Crippen MR) is 101 cm³/mol. The van der Waals surface area contributed by atoms with Gasteiger partial charge in [-0.25, -0.2) is 9.73 Å². The molecule has 0 saturated heterocycles. The van der Waals surface area contributed by atoms with Crippen LogP contribution in [-0.2, 0) is 0 Å². The van der Waals surface area contributed by atoms with E-state index in [1.165, 1.54) is 11.8 Å². The molecule has 0 radical (unpaired) electrons. The Kier molecular flexibility index (Phi) is 4.08. The summed E-state index contributed by atoms with van der Waals surface area (Å²) >= 11 is 1.35. The molecule has 0 saturated carbocycles. The summed E-state index contributed by atoms with van der Waals surface area (Å²) in [7, 11) is 1.56. The zero-order valence-electron chi connectivity index (χ0n) is 14.5. The summed E-state index contributed by atoms with van der Waals surface area (Å²) in [5.41, 5.74) is 7.35. The van der Waals surface area contributed by atoms with E-state index in [1.54, 1.807) is 48.0 Å². The monoisotopic (exact) mass is 381 g/mol. The number of rotatable bonds is 4. The highest BCUT2D eigenvalue weighted by Crippen LogP contribution is 2.32. The smallest absolute Gasteiger partial charge is 0.281 e. The molecule has 0 aliphatic rings. The molecule has 2 heterocycles. The van der Waals surface area contributed by atoms with Gasteiger partial charge in [-0.1, -0.05) is 11.8 Å². The molecular weight excluding hydrogens is 366 g/mol. The Morgan fingerprint density at radius 1 is 1.26 bits per heavy atom. The van der Waals surface area contributed by atoms with E-state index in [2.05, 4.69) is 15.3 Å². The molecule has 0 atom stereocenters. The van der Waals surface area contributed by atoms with Crippen LogP contribution in [0.2, 0.25) is 0 Å². The van der Waals surface area contributed by atoms with E-state index < -0.39 is 5.91 Å². The molecule has 4 aromatic rings. The van der Waals surface area contributed by atoms with E-state index in [0.29, 0.717) is 32.9 Å². The van der Waals surface area contributed by atoms with E-state index in [0.717, 1.165) is 10.5 Å². The summed E-state index contributed by atoms with van der Waals surface area (Å²) < 4.78 is 6.89. The van der Waals surface area contributed by atoms with Gasteiger partial charge >= 0.3 is 0 Å². The van der Waals surface area contributed by atoms with Gasteiger partial charge in [0.05, 0.1) is 18.0 Å². The Balaban J connectivity index is 1.84. The number of hydrogen-bond donors (Lipinski definition) is 2. The van der Waals surface area contributed by atoms with Crippen molar-refractivity contribution in [2.75, 3.05) is 7.11 Å². The molecule has 9 heteroatoms. The normalized spacial score (nSPS) is 11.2. The van der Waals surface area contributed by atoms with Gasteiger partial charge in [0.25, 0.3) is 5.56 Å². The van der Waals surface area contributed by atoms with Crippen LogP contribution in [0.4, 0.5) is 0 Å². The van der Waals surface area contributed by atoms with Crippen LogP contribution in [0.3, 0.4) is 0 Å². The molecule has 0 spiro atoms. The molecule has 0 unspecified atom stereocenters. The number of methoxy groups -OCH3 is 1. The van der Waals surface area contributed by atoms with Gasteiger partial charge in [0.2, 0.25) is 5.91 Å². The second kappa shape index (κ2) is 6.44. The lowest BCUT2D eigenvalue weighted by atomic mass is 10.1. The first-order valence-electron chi connectivity index (χ1n) is 8.01. The molecule has 1 amide bonds. The third kappa shape index (κ3) is 2.91. The van der Waals surface area contributed by atoms with Gasteiger partial charge in [0.1, 0.15) is 5.75 Å². The number of nitrogens with zero attached hydrogens (tertiary/aromatic N) is 3. The molecule has 0 bridgehead atoms. The van der Waals surface area contributed by atoms with Crippen molar-refractivity contribution in [2.24, 2.45) is 5.73 Å². The Labute approximate surface area is 157 Å². The van der Waals surface area contributed by atoms with E-state index in [1.807, 2.05) is 6.92 Å². The van der Waals surface area contributed by atoms with Crippen molar-refractivity contribution in [1.29, 1.82) is 0 Å². The molecule has 0 aliphatic carbocycles. The van der Waals surface area contributed by atoms with E-state index >= 15 is 0 Å². The average molecular weight is 381 g/mol. The number of nitrogens with two attached hydrogens (primary N) is 1. The fourth-order valence-electron chi connectivity index (χ4n) is 2.80. The summed E-state index contributed by atoms with van der Waals surface area (Å²) in [6, 6.07) is 10.3. The number of amides is 1. The van der Waals surface area contributed by atoms with Gasteiger partial charge in [0.15, 0.2) is 10.7 Å². The molecule has 4 rings (SSSR count). The second-order valence-corrected chi connectivity index (χ2v) is 6.95. The molecule has 0 aliphatic heterocycles. The first-order chi connectivity index (χ1) is 13.0. The maximum atomic E-state index is 12.4. The highest BCUT2D eigenvalue weighted by atomic mass is 32.2. The van der Waals surface area contributed by atoms with E-state index in [-0.39, 0.29) is 5.56 Å². The van der Waals surface area contributed by atoms with E-state index in [4.69, 9.17) is 10.5 Å².